The maximum absolute atomic E-state index is 12.7. The summed E-state index contributed by atoms with van der Waals surface area (Å²) in [4.78, 5) is 17.1. The van der Waals surface area contributed by atoms with Gasteiger partial charge in [-0.15, -0.1) is 0 Å². The lowest BCUT2D eigenvalue weighted by Crippen LogP contribution is -2.19. The number of rotatable bonds is 4. The van der Waals surface area contributed by atoms with E-state index in [2.05, 4.69) is 10.1 Å². The van der Waals surface area contributed by atoms with Crippen molar-refractivity contribution in [2.24, 2.45) is 7.05 Å². The van der Waals surface area contributed by atoms with Gasteiger partial charge in [-0.1, -0.05) is 29.4 Å². The van der Waals surface area contributed by atoms with Crippen LogP contribution in [0.3, 0.4) is 0 Å². The zero-order chi connectivity index (χ0) is 19.0. The maximum Gasteiger partial charge on any atom is 0.267 e. The Morgan fingerprint density at radius 2 is 2.00 bits per heavy atom. The van der Waals surface area contributed by atoms with Gasteiger partial charge in [0.2, 0.25) is 5.82 Å². The molecule has 2 aromatic heterocycles. The van der Waals surface area contributed by atoms with Crippen LogP contribution in [-0.4, -0.2) is 26.4 Å². The van der Waals surface area contributed by atoms with Crippen LogP contribution in [0.1, 0.15) is 6.92 Å². The third kappa shape index (κ3) is 2.83. The summed E-state index contributed by atoms with van der Waals surface area (Å²) >= 11 is 0. The molecule has 0 aliphatic carbocycles. The molecule has 0 unspecified atom stereocenters. The molecular formula is C20H17N3O4. The van der Waals surface area contributed by atoms with Crippen molar-refractivity contribution >= 4 is 10.9 Å². The summed E-state index contributed by atoms with van der Waals surface area (Å²) < 4.78 is 12.2. The van der Waals surface area contributed by atoms with E-state index in [0.29, 0.717) is 34.6 Å². The second-order valence-corrected chi connectivity index (χ2v) is 5.99. The van der Waals surface area contributed by atoms with Crippen LogP contribution >= 0.6 is 0 Å². The average Bonchev–Trinajstić information content (AvgIpc) is 3.17. The molecular weight excluding hydrogens is 346 g/mol. The Balaban J connectivity index is 1.85. The molecule has 0 saturated carbocycles. The van der Waals surface area contributed by atoms with E-state index >= 15 is 0 Å². The van der Waals surface area contributed by atoms with Crippen molar-refractivity contribution in [1.29, 1.82) is 0 Å². The highest BCUT2D eigenvalue weighted by Crippen LogP contribution is 2.33. The summed E-state index contributed by atoms with van der Waals surface area (Å²) in [6, 6.07) is 14.3. The Morgan fingerprint density at radius 1 is 1.19 bits per heavy atom. The van der Waals surface area contributed by atoms with E-state index in [9.17, 15) is 9.90 Å². The predicted octanol–water partition coefficient (Wildman–Crippen LogP) is 3.36. The van der Waals surface area contributed by atoms with Crippen LogP contribution in [0.4, 0.5) is 0 Å². The van der Waals surface area contributed by atoms with Gasteiger partial charge in [0.15, 0.2) is 0 Å². The monoisotopic (exact) mass is 363 g/mol. The van der Waals surface area contributed by atoms with Crippen LogP contribution in [-0.2, 0) is 7.05 Å². The zero-order valence-electron chi connectivity index (χ0n) is 14.8. The Labute approximate surface area is 154 Å². The number of pyridine rings is 1. The van der Waals surface area contributed by atoms with Crippen molar-refractivity contribution in [1.82, 2.24) is 14.7 Å². The molecule has 7 nitrogen and oxygen atoms in total. The summed E-state index contributed by atoms with van der Waals surface area (Å²) in [5, 5.41) is 15.1. The fourth-order valence-corrected chi connectivity index (χ4v) is 3.01. The number of para-hydroxylation sites is 1. The van der Waals surface area contributed by atoms with Crippen LogP contribution in [0.2, 0.25) is 0 Å². The molecule has 0 fully saturated rings. The van der Waals surface area contributed by atoms with Crippen molar-refractivity contribution in [2.45, 2.75) is 6.92 Å². The topological polar surface area (TPSA) is 90.4 Å². The lowest BCUT2D eigenvalue weighted by atomic mass is 10.1. The van der Waals surface area contributed by atoms with Gasteiger partial charge >= 0.3 is 0 Å². The first-order valence-electron chi connectivity index (χ1n) is 8.48. The molecule has 136 valence electrons. The molecule has 0 spiro atoms. The van der Waals surface area contributed by atoms with Crippen LogP contribution in [0.5, 0.6) is 11.5 Å². The number of aromatic nitrogens is 3. The largest absolute Gasteiger partial charge is 0.506 e. The van der Waals surface area contributed by atoms with E-state index in [0.717, 1.165) is 0 Å². The Kier molecular flexibility index (Phi) is 4.12. The molecule has 4 rings (SSSR count). The number of fused-ring (bicyclic) bond motifs is 1. The summed E-state index contributed by atoms with van der Waals surface area (Å²) in [6.07, 6.45) is 0. The summed E-state index contributed by atoms with van der Waals surface area (Å²) in [7, 11) is 1.64. The first-order chi connectivity index (χ1) is 13.1. The summed E-state index contributed by atoms with van der Waals surface area (Å²) in [5.74, 6) is 0.787. The third-order valence-electron chi connectivity index (χ3n) is 4.32. The van der Waals surface area contributed by atoms with Crippen molar-refractivity contribution in [3.05, 3.63) is 58.9 Å². The van der Waals surface area contributed by atoms with Crippen molar-refractivity contribution in [2.75, 3.05) is 6.61 Å². The molecule has 0 bridgehead atoms. The van der Waals surface area contributed by atoms with Crippen LogP contribution in [0.25, 0.3) is 33.7 Å². The van der Waals surface area contributed by atoms with Gasteiger partial charge in [-0.3, -0.25) is 4.79 Å². The molecule has 0 aliphatic rings. The van der Waals surface area contributed by atoms with Crippen molar-refractivity contribution < 1.29 is 14.4 Å². The molecule has 7 heteroatoms. The minimum atomic E-state index is -0.413. The first-order valence-corrected chi connectivity index (χ1v) is 8.48. The van der Waals surface area contributed by atoms with Gasteiger partial charge in [0.25, 0.3) is 11.4 Å². The third-order valence-corrected chi connectivity index (χ3v) is 4.32. The van der Waals surface area contributed by atoms with Gasteiger partial charge in [0.05, 0.1) is 12.1 Å². The van der Waals surface area contributed by atoms with Crippen LogP contribution in [0, 0.1) is 0 Å². The Bertz CT molecular complexity index is 1190. The number of hydrogen-bond acceptors (Lipinski definition) is 6. The van der Waals surface area contributed by atoms with Crippen molar-refractivity contribution in [3.8, 4) is 34.3 Å². The van der Waals surface area contributed by atoms with Crippen molar-refractivity contribution in [3.63, 3.8) is 0 Å². The van der Waals surface area contributed by atoms with E-state index in [4.69, 9.17) is 9.26 Å². The standard InChI is InChI=1S/C20H17N3O4/c1-3-26-13-8-6-7-12(11-13)18-21-19(27-22-18)16-17(24)14-9-4-5-10-15(14)23(2)20(16)25/h4-11,24H,3H2,1-2H3. The normalized spacial score (nSPS) is 11.0. The highest BCUT2D eigenvalue weighted by atomic mass is 16.5. The number of nitrogens with zero attached hydrogens (tertiary/aromatic N) is 3. The minimum absolute atomic E-state index is 0.0177. The second kappa shape index (κ2) is 6.60. The molecule has 0 radical (unpaired) electrons. The number of aromatic hydroxyl groups is 1. The number of benzene rings is 2. The van der Waals surface area contributed by atoms with Gasteiger partial charge < -0.3 is 18.9 Å². The number of hydrogen-bond donors (Lipinski definition) is 1. The quantitative estimate of drug-likeness (QED) is 0.598. The van der Waals surface area contributed by atoms with Gasteiger partial charge in [0.1, 0.15) is 17.1 Å². The average molecular weight is 363 g/mol. The van der Waals surface area contributed by atoms with E-state index in [-0.39, 0.29) is 17.2 Å². The molecule has 2 aromatic carbocycles. The smallest absolute Gasteiger partial charge is 0.267 e. The van der Waals surface area contributed by atoms with Crippen LogP contribution in [0.15, 0.2) is 57.8 Å². The lowest BCUT2D eigenvalue weighted by Gasteiger charge is -2.09. The van der Waals surface area contributed by atoms with Gasteiger partial charge in [-0.2, -0.15) is 4.98 Å². The van der Waals surface area contributed by atoms with Gasteiger partial charge in [-0.25, -0.2) is 0 Å². The minimum Gasteiger partial charge on any atom is -0.506 e. The first kappa shape index (κ1) is 16.8. The van der Waals surface area contributed by atoms with E-state index in [1.165, 1.54) is 4.57 Å². The maximum atomic E-state index is 12.7. The summed E-state index contributed by atoms with van der Waals surface area (Å²) in [5.41, 5.74) is 0.876. The van der Waals surface area contributed by atoms with E-state index < -0.39 is 5.56 Å². The van der Waals surface area contributed by atoms with E-state index in [1.807, 2.05) is 25.1 Å². The number of ether oxygens (including phenoxy) is 1. The molecule has 4 aromatic rings. The predicted molar refractivity (Wildman–Crippen MR) is 101 cm³/mol. The molecule has 0 atom stereocenters. The molecule has 1 N–H and O–H groups in total. The van der Waals surface area contributed by atoms with Gasteiger partial charge in [-0.05, 0) is 31.2 Å². The second-order valence-electron chi connectivity index (χ2n) is 5.99. The summed E-state index contributed by atoms with van der Waals surface area (Å²) in [6.45, 7) is 2.44. The SMILES string of the molecule is CCOc1cccc(-c2noc(-c3c(O)c4ccccc4n(C)c3=O)n2)c1. The lowest BCUT2D eigenvalue weighted by molar-refractivity contribution is 0.340. The fourth-order valence-electron chi connectivity index (χ4n) is 3.01. The Hall–Kier alpha value is -3.61. The van der Waals surface area contributed by atoms with E-state index in [1.54, 1.807) is 37.4 Å². The molecule has 0 aliphatic heterocycles. The van der Waals surface area contributed by atoms with Crippen LogP contribution < -0.4 is 10.3 Å². The number of aryl methyl sites for hydroxylation is 1. The Morgan fingerprint density at radius 3 is 2.81 bits per heavy atom. The zero-order valence-corrected chi connectivity index (χ0v) is 14.8. The van der Waals surface area contributed by atoms with Gasteiger partial charge in [0, 0.05) is 18.0 Å². The molecule has 0 amide bonds. The molecule has 0 saturated heterocycles. The molecule has 27 heavy (non-hydrogen) atoms. The molecule has 2 heterocycles. The highest BCUT2D eigenvalue weighted by molar-refractivity contribution is 5.90. The highest BCUT2D eigenvalue weighted by Gasteiger charge is 2.22. The fraction of sp³-hybridized carbons (Fsp3) is 0.150.